The Morgan fingerprint density at radius 1 is 1.31 bits per heavy atom. The molecule has 0 amide bonds. The molecule has 2 aromatic heterocycles. The van der Waals surface area contributed by atoms with Gasteiger partial charge in [0.15, 0.2) is 0 Å². The van der Waals surface area contributed by atoms with Crippen LogP contribution in [0.4, 0.5) is 0 Å². The van der Waals surface area contributed by atoms with Crippen molar-refractivity contribution in [1.82, 2.24) is 9.97 Å². The summed E-state index contributed by atoms with van der Waals surface area (Å²) in [4.78, 5) is 10.1. The molecule has 5 heteroatoms. The van der Waals surface area contributed by atoms with Crippen LogP contribution >= 0.6 is 38.9 Å². The molecule has 1 aliphatic carbocycles. The van der Waals surface area contributed by atoms with Gasteiger partial charge in [-0.25, -0.2) is 9.97 Å². The lowest BCUT2D eigenvalue weighted by Gasteiger charge is -2.02. The highest BCUT2D eigenvalue weighted by Crippen LogP contribution is 2.40. The number of thiophene rings is 1. The first-order chi connectivity index (χ1) is 7.72. The van der Waals surface area contributed by atoms with Gasteiger partial charge in [0, 0.05) is 5.92 Å². The molecular formula is C11H8BrClN2S. The van der Waals surface area contributed by atoms with E-state index in [2.05, 4.69) is 25.9 Å². The third kappa shape index (κ3) is 2.14. The second kappa shape index (κ2) is 4.09. The van der Waals surface area contributed by atoms with Crippen LogP contribution in [-0.2, 0) is 0 Å². The van der Waals surface area contributed by atoms with Crippen molar-refractivity contribution in [2.24, 2.45) is 0 Å². The highest BCUT2D eigenvalue weighted by atomic mass is 79.9. The molecule has 0 atom stereocenters. The maximum absolute atomic E-state index is 5.93. The maximum Gasteiger partial charge on any atom is 0.133 e. The van der Waals surface area contributed by atoms with Gasteiger partial charge in [0.2, 0.25) is 0 Å². The minimum absolute atomic E-state index is 0.562. The van der Waals surface area contributed by atoms with Crippen molar-refractivity contribution in [3.63, 3.8) is 0 Å². The van der Waals surface area contributed by atoms with Gasteiger partial charge in [-0.05, 0) is 47.0 Å². The van der Waals surface area contributed by atoms with Crippen LogP contribution in [0.15, 0.2) is 22.8 Å². The molecule has 0 aliphatic heterocycles. The molecule has 3 rings (SSSR count). The standard InChI is InChI=1S/C11H8BrClN2S/c12-9-5-7(8-3-4-10(13)16-8)14-11(15-9)6-1-2-6/h3-6H,1-2H2. The third-order valence-electron chi connectivity index (χ3n) is 2.48. The fourth-order valence-corrected chi connectivity index (χ4v) is 2.94. The van der Waals surface area contributed by atoms with Crippen molar-refractivity contribution in [2.45, 2.75) is 18.8 Å². The Kier molecular flexibility index (Phi) is 2.73. The van der Waals surface area contributed by atoms with Crippen molar-refractivity contribution >= 4 is 38.9 Å². The Morgan fingerprint density at radius 2 is 2.12 bits per heavy atom. The molecule has 16 heavy (non-hydrogen) atoms. The van der Waals surface area contributed by atoms with E-state index in [9.17, 15) is 0 Å². The van der Waals surface area contributed by atoms with E-state index < -0.39 is 0 Å². The quantitative estimate of drug-likeness (QED) is 0.763. The second-order valence-corrected chi connectivity index (χ2v) is 6.34. The lowest BCUT2D eigenvalue weighted by molar-refractivity contribution is 0.920. The minimum atomic E-state index is 0.562. The van der Waals surface area contributed by atoms with E-state index in [-0.39, 0.29) is 0 Å². The lowest BCUT2D eigenvalue weighted by Crippen LogP contribution is -1.94. The van der Waals surface area contributed by atoms with Crippen molar-refractivity contribution in [1.29, 1.82) is 0 Å². The summed E-state index contributed by atoms with van der Waals surface area (Å²) in [5, 5.41) is 0. The SMILES string of the molecule is Clc1ccc(-c2cc(Br)nc(C3CC3)n2)s1. The smallest absolute Gasteiger partial charge is 0.133 e. The molecule has 0 N–H and O–H groups in total. The summed E-state index contributed by atoms with van der Waals surface area (Å²) in [5.41, 5.74) is 0.959. The van der Waals surface area contributed by atoms with Gasteiger partial charge in [0.1, 0.15) is 10.4 Å². The molecule has 0 bridgehead atoms. The molecule has 0 saturated heterocycles. The largest absolute Gasteiger partial charge is 0.232 e. The zero-order chi connectivity index (χ0) is 11.1. The normalized spacial score (nSPS) is 15.4. The van der Waals surface area contributed by atoms with E-state index in [1.54, 1.807) is 11.3 Å². The molecular weight excluding hydrogens is 308 g/mol. The van der Waals surface area contributed by atoms with E-state index in [1.807, 2.05) is 18.2 Å². The molecule has 0 unspecified atom stereocenters. The molecule has 1 saturated carbocycles. The fourth-order valence-electron chi connectivity index (χ4n) is 1.54. The van der Waals surface area contributed by atoms with E-state index in [0.29, 0.717) is 5.92 Å². The fraction of sp³-hybridized carbons (Fsp3) is 0.273. The lowest BCUT2D eigenvalue weighted by atomic mass is 10.3. The van der Waals surface area contributed by atoms with Crippen LogP contribution in [-0.4, -0.2) is 9.97 Å². The molecule has 0 aromatic carbocycles. The monoisotopic (exact) mass is 314 g/mol. The molecule has 82 valence electrons. The number of halogens is 2. The summed E-state index contributed by atoms with van der Waals surface area (Å²) in [6, 6.07) is 5.83. The van der Waals surface area contributed by atoms with Crippen LogP contribution in [0, 0.1) is 0 Å². The summed E-state index contributed by atoms with van der Waals surface area (Å²) in [5.74, 6) is 1.51. The molecule has 1 aliphatic rings. The van der Waals surface area contributed by atoms with Crippen molar-refractivity contribution in [2.75, 3.05) is 0 Å². The van der Waals surface area contributed by atoms with Gasteiger partial charge in [-0.3, -0.25) is 0 Å². The molecule has 2 aromatic rings. The van der Waals surface area contributed by atoms with Crippen molar-refractivity contribution < 1.29 is 0 Å². The number of nitrogens with zero attached hydrogens (tertiary/aromatic N) is 2. The Labute approximate surface area is 111 Å². The van der Waals surface area contributed by atoms with Gasteiger partial charge >= 0.3 is 0 Å². The Bertz CT molecular complexity index is 537. The topological polar surface area (TPSA) is 25.8 Å². The van der Waals surface area contributed by atoms with Gasteiger partial charge < -0.3 is 0 Å². The van der Waals surface area contributed by atoms with Gasteiger partial charge in [-0.2, -0.15) is 0 Å². The van der Waals surface area contributed by atoms with Gasteiger partial charge in [-0.15, -0.1) is 11.3 Å². The van der Waals surface area contributed by atoms with E-state index in [1.165, 1.54) is 12.8 Å². The zero-order valence-corrected chi connectivity index (χ0v) is 11.4. The summed E-state index contributed by atoms with van der Waals surface area (Å²) in [6.07, 6.45) is 2.42. The third-order valence-corrected chi connectivity index (χ3v) is 4.14. The summed E-state index contributed by atoms with van der Waals surface area (Å²) >= 11 is 10.9. The van der Waals surface area contributed by atoms with Crippen LogP contribution in [0.2, 0.25) is 4.34 Å². The van der Waals surface area contributed by atoms with Crippen LogP contribution < -0.4 is 0 Å². The second-order valence-electron chi connectivity index (χ2n) is 3.81. The number of hydrogen-bond acceptors (Lipinski definition) is 3. The molecule has 1 fully saturated rings. The molecule has 2 nitrogen and oxygen atoms in total. The number of aromatic nitrogens is 2. The highest BCUT2D eigenvalue weighted by molar-refractivity contribution is 9.10. The van der Waals surface area contributed by atoms with Gasteiger partial charge in [-0.1, -0.05) is 11.6 Å². The zero-order valence-electron chi connectivity index (χ0n) is 8.28. The van der Waals surface area contributed by atoms with E-state index in [4.69, 9.17) is 11.6 Å². The first-order valence-electron chi connectivity index (χ1n) is 5.02. The van der Waals surface area contributed by atoms with Gasteiger partial charge in [0.05, 0.1) is 14.9 Å². The average molecular weight is 316 g/mol. The first-order valence-corrected chi connectivity index (χ1v) is 7.01. The number of rotatable bonds is 2. The summed E-state index contributed by atoms with van der Waals surface area (Å²) in [6.45, 7) is 0. The molecule has 0 spiro atoms. The summed E-state index contributed by atoms with van der Waals surface area (Å²) < 4.78 is 1.64. The first kappa shape index (κ1) is 10.7. The van der Waals surface area contributed by atoms with E-state index >= 15 is 0 Å². The Balaban J connectivity index is 2.06. The Hall–Kier alpha value is -0.450. The van der Waals surface area contributed by atoms with Gasteiger partial charge in [0.25, 0.3) is 0 Å². The molecule has 2 heterocycles. The number of hydrogen-bond donors (Lipinski definition) is 0. The predicted molar refractivity (Wildman–Crippen MR) is 70.0 cm³/mol. The van der Waals surface area contributed by atoms with Crippen LogP contribution in [0.1, 0.15) is 24.6 Å². The highest BCUT2D eigenvalue weighted by Gasteiger charge is 2.27. The van der Waals surface area contributed by atoms with Crippen molar-refractivity contribution in [3.8, 4) is 10.6 Å². The average Bonchev–Trinajstić information content (AvgIpc) is 3.01. The summed E-state index contributed by atoms with van der Waals surface area (Å²) in [7, 11) is 0. The van der Waals surface area contributed by atoms with E-state index in [0.717, 1.165) is 25.3 Å². The predicted octanol–water partition coefficient (Wildman–Crippen LogP) is 4.50. The molecule has 0 radical (unpaired) electrons. The van der Waals surface area contributed by atoms with Crippen LogP contribution in [0.5, 0.6) is 0 Å². The minimum Gasteiger partial charge on any atom is -0.232 e. The van der Waals surface area contributed by atoms with Crippen molar-refractivity contribution in [3.05, 3.63) is 33.0 Å². The van der Waals surface area contributed by atoms with Crippen LogP contribution in [0.25, 0.3) is 10.6 Å². The Morgan fingerprint density at radius 3 is 2.75 bits per heavy atom. The maximum atomic E-state index is 5.93. The van der Waals surface area contributed by atoms with Crippen LogP contribution in [0.3, 0.4) is 0 Å².